The summed E-state index contributed by atoms with van der Waals surface area (Å²) >= 11 is 7.66. The van der Waals surface area contributed by atoms with Crippen molar-refractivity contribution < 1.29 is 4.79 Å². The van der Waals surface area contributed by atoms with Crippen LogP contribution in [0.5, 0.6) is 0 Å². The molecule has 9 heavy (non-hydrogen) atoms. The number of rotatable bonds is 1. The molecule has 0 radical (unpaired) electrons. The van der Waals surface area contributed by atoms with Crippen molar-refractivity contribution >= 4 is 49.5 Å². The lowest BCUT2D eigenvalue weighted by Gasteiger charge is -1.72. The predicted octanol–water partition coefficient (Wildman–Crippen LogP) is 2.48. The lowest BCUT2D eigenvalue weighted by Crippen LogP contribution is -1.72. The van der Waals surface area contributed by atoms with Crippen LogP contribution in [0.25, 0.3) is 0 Å². The van der Waals surface area contributed by atoms with Crippen LogP contribution in [-0.2, 0) is 0 Å². The molecule has 0 amide bonds. The van der Waals surface area contributed by atoms with Crippen molar-refractivity contribution in [3.05, 3.63) is 13.4 Å². The summed E-state index contributed by atoms with van der Waals surface area (Å²) in [5.41, 5.74) is 0. The number of carbonyl (C=O) groups excluding carboxylic acids is 1. The van der Waals surface area contributed by atoms with Crippen LogP contribution < -0.4 is 0 Å². The number of nitrogens with zero attached hydrogens (tertiary/aromatic N) is 1. The van der Waals surface area contributed by atoms with Gasteiger partial charge in [-0.3, -0.25) is 4.79 Å². The summed E-state index contributed by atoms with van der Waals surface area (Å²) in [6.45, 7) is 0. The monoisotopic (exact) mass is 269 g/mol. The molecule has 1 heterocycles. The third-order valence-electron chi connectivity index (χ3n) is 0.666. The minimum Gasteiger partial charge on any atom is -0.295 e. The summed E-state index contributed by atoms with van der Waals surface area (Å²) in [6, 6.07) is 0. The maximum absolute atomic E-state index is 10.1. The Balaban J connectivity index is 3.11. The Hall–Kier alpha value is 0.260. The van der Waals surface area contributed by atoms with Gasteiger partial charge in [-0.05, 0) is 31.9 Å². The van der Waals surface area contributed by atoms with Gasteiger partial charge in [0.15, 0.2) is 11.3 Å². The molecule has 0 fully saturated rings. The summed E-state index contributed by atoms with van der Waals surface area (Å²) in [5.74, 6) is 0. The smallest absolute Gasteiger partial charge is 0.178 e. The Kier molecular flexibility index (Phi) is 2.37. The van der Waals surface area contributed by atoms with E-state index in [1.165, 1.54) is 11.3 Å². The molecule has 0 spiro atoms. The van der Waals surface area contributed by atoms with Gasteiger partial charge in [-0.25, -0.2) is 4.98 Å². The van der Waals surface area contributed by atoms with Crippen molar-refractivity contribution in [3.8, 4) is 0 Å². The second kappa shape index (κ2) is 2.90. The molecule has 0 aliphatic rings. The largest absolute Gasteiger partial charge is 0.295 e. The van der Waals surface area contributed by atoms with Crippen molar-refractivity contribution in [2.24, 2.45) is 0 Å². The van der Waals surface area contributed by atoms with Gasteiger partial charge in [0.25, 0.3) is 0 Å². The van der Waals surface area contributed by atoms with E-state index in [1.807, 2.05) is 0 Å². The van der Waals surface area contributed by atoms with E-state index in [4.69, 9.17) is 0 Å². The second-order valence-corrected chi connectivity index (χ2v) is 4.33. The highest BCUT2D eigenvalue weighted by molar-refractivity contribution is 9.13. The van der Waals surface area contributed by atoms with Gasteiger partial charge in [-0.1, -0.05) is 0 Å². The topological polar surface area (TPSA) is 30.0 Å². The molecule has 1 aromatic heterocycles. The summed E-state index contributed by atoms with van der Waals surface area (Å²) in [7, 11) is 0. The Morgan fingerprint density at radius 1 is 1.56 bits per heavy atom. The molecule has 1 rings (SSSR count). The first-order chi connectivity index (χ1) is 4.24. The zero-order chi connectivity index (χ0) is 6.85. The van der Waals surface area contributed by atoms with E-state index in [1.54, 1.807) is 0 Å². The summed E-state index contributed by atoms with van der Waals surface area (Å²) in [4.78, 5) is 13.9. The number of carbonyl (C=O) groups is 1. The quantitative estimate of drug-likeness (QED) is 0.734. The molecule has 0 atom stereocenters. The molecule has 0 N–H and O–H groups in total. The van der Waals surface area contributed by atoms with Crippen molar-refractivity contribution in [3.63, 3.8) is 0 Å². The highest BCUT2D eigenvalue weighted by Crippen LogP contribution is 2.27. The zero-order valence-corrected chi connectivity index (χ0v) is 8.09. The minimum absolute atomic E-state index is 0.480. The van der Waals surface area contributed by atoms with Gasteiger partial charge in [0.05, 0.1) is 0 Å². The van der Waals surface area contributed by atoms with Gasteiger partial charge in [0, 0.05) is 0 Å². The van der Waals surface area contributed by atoms with Crippen molar-refractivity contribution in [1.82, 2.24) is 4.98 Å². The highest BCUT2D eigenvalue weighted by Gasteiger charge is 2.03. The fraction of sp³-hybridized carbons (Fsp3) is 0. The number of halogens is 2. The molecule has 0 saturated carbocycles. The molecule has 0 saturated heterocycles. The van der Waals surface area contributed by atoms with Gasteiger partial charge in [0.2, 0.25) is 0 Å². The molecule has 0 aliphatic carbocycles. The molecular weight excluding hydrogens is 270 g/mol. The van der Waals surface area contributed by atoms with Crippen LogP contribution in [0.1, 0.15) is 9.80 Å². The summed E-state index contributed by atoms with van der Waals surface area (Å²) in [6.07, 6.45) is 0.722. The van der Waals surface area contributed by atoms with Gasteiger partial charge in [0.1, 0.15) is 8.39 Å². The molecule has 5 heteroatoms. The third kappa shape index (κ3) is 1.59. The number of hydrogen-bond donors (Lipinski definition) is 0. The maximum Gasteiger partial charge on any atom is 0.178 e. The normalized spacial score (nSPS) is 9.56. The Labute approximate surface area is 72.6 Å². The van der Waals surface area contributed by atoms with E-state index in [0.29, 0.717) is 9.61 Å². The molecule has 48 valence electrons. The van der Waals surface area contributed by atoms with Crippen LogP contribution in [0.4, 0.5) is 0 Å². The average Bonchev–Trinajstić information content (AvgIpc) is 2.13. The third-order valence-corrected chi connectivity index (χ3v) is 3.66. The van der Waals surface area contributed by atoms with E-state index < -0.39 is 0 Å². The first-order valence-corrected chi connectivity index (χ1v) is 4.41. The fourth-order valence-electron chi connectivity index (χ4n) is 0.348. The second-order valence-electron chi connectivity index (χ2n) is 1.23. The minimum atomic E-state index is 0.480. The van der Waals surface area contributed by atoms with Crippen molar-refractivity contribution in [1.29, 1.82) is 0 Å². The van der Waals surface area contributed by atoms with E-state index >= 15 is 0 Å². The van der Waals surface area contributed by atoms with Crippen molar-refractivity contribution in [2.45, 2.75) is 0 Å². The predicted molar refractivity (Wildman–Crippen MR) is 42.9 cm³/mol. The molecule has 0 aromatic carbocycles. The maximum atomic E-state index is 10.1. The van der Waals surface area contributed by atoms with Crippen LogP contribution in [0, 0.1) is 0 Å². The Morgan fingerprint density at radius 3 is 2.44 bits per heavy atom. The molecule has 0 bridgehead atoms. The number of aromatic nitrogens is 1. The molecule has 2 nitrogen and oxygen atoms in total. The van der Waals surface area contributed by atoms with Gasteiger partial charge in [-0.15, -0.1) is 11.3 Å². The van der Waals surface area contributed by atoms with Gasteiger partial charge in [-0.2, -0.15) is 0 Å². The van der Waals surface area contributed by atoms with E-state index in [-0.39, 0.29) is 0 Å². The SMILES string of the molecule is O=Cc1nc(Br)c(Br)s1. The number of hydrogen-bond acceptors (Lipinski definition) is 3. The molecule has 1 aromatic rings. The van der Waals surface area contributed by atoms with Crippen LogP contribution >= 0.6 is 43.2 Å². The summed E-state index contributed by atoms with van der Waals surface area (Å²) in [5, 5.41) is 0.480. The Morgan fingerprint density at radius 2 is 2.22 bits per heavy atom. The lowest BCUT2D eigenvalue weighted by atomic mass is 10.8. The average molecular weight is 271 g/mol. The standard InChI is InChI=1S/C4HBr2NOS/c5-3-4(6)9-2(1-8)7-3/h1H. The van der Waals surface area contributed by atoms with Crippen LogP contribution in [-0.4, -0.2) is 11.3 Å². The number of aldehydes is 1. The van der Waals surface area contributed by atoms with Crippen LogP contribution in [0.3, 0.4) is 0 Å². The zero-order valence-electron chi connectivity index (χ0n) is 4.10. The van der Waals surface area contributed by atoms with Crippen LogP contribution in [0.15, 0.2) is 8.39 Å². The lowest BCUT2D eigenvalue weighted by molar-refractivity contribution is 0.112. The molecular formula is C4HBr2NOS. The van der Waals surface area contributed by atoms with E-state index in [9.17, 15) is 4.79 Å². The number of thiazole rings is 1. The highest BCUT2D eigenvalue weighted by atomic mass is 79.9. The molecule has 0 aliphatic heterocycles. The Bertz CT molecular complexity index is 215. The van der Waals surface area contributed by atoms with E-state index in [2.05, 4.69) is 36.8 Å². The van der Waals surface area contributed by atoms with Crippen molar-refractivity contribution in [2.75, 3.05) is 0 Å². The van der Waals surface area contributed by atoms with Crippen LogP contribution in [0.2, 0.25) is 0 Å². The summed E-state index contributed by atoms with van der Waals surface area (Å²) < 4.78 is 1.54. The first kappa shape index (κ1) is 7.37. The fourth-order valence-corrected chi connectivity index (χ4v) is 1.98. The van der Waals surface area contributed by atoms with Gasteiger partial charge < -0.3 is 0 Å². The first-order valence-electron chi connectivity index (χ1n) is 2.01. The van der Waals surface area contributed by atoms with E-state index in [0.717, 1.165) is 10.1 Å². The molecule has 0 unspecified atom stereocenters. The van der Waals surface area contributed by atoms with Gasteiger partial charge >= 0.3 is 0 Å².